The molecule has 0 radical (unpaired) electrons. The minimum atomic E-state index is 0.466. The second-order valence-corrected chi connectivity index (χ2v) is 3.71. The van der Waals surface area contributed by atoms with Gasteiger partial charge in [-0.3, -0.25) is 0 Å². The van der Waals surface area contributed by atoms with Crippen LogP contribution in [-0.2, 0) is 6.42 Å². The predicted octanol–water partition coefficient (Wildman–Crippen LogP) is 2.73. The van der Waals surface area contributed by atoms with Crippen LogP contribution in [0.15, 0.2) is 36.5 Å². The molecule has 0 saturated heterocycles. The van der Waals surface area contributed by atoms with Crippen LogP contribution in [0.1, 0.15) is 11.4 Å². The number of ether oxygens (including phenoxy) is 1. The Morgan fingerprint density at radius 3 is 2.94 bits per heavy atom. The number of halogens is 1. The Hall–Kier alpha value is -1.61. The lowest BCUT2D eigenvalue weighted by Gasteiger charge is -2.03. The maximum atomic E-state index is 5.79. The number of nitrogens with zero attached hydrogens (tertiary/aromatic N) is 2. The molecule has 0 aliphatic heterocycles. The zero-order valence-electron chi connectivity index (χ0n) is 8.85. The van der Waals surface area contributed by atoms with Crippen LogP contribution in [0.3, 0.4) is 0 Å². The highest BCUT2D eigenvalue weighted by molar-refractivity contribution is 6.29. The van der Waals surface area contributed by atoms with E-state index >= 15 is 0 Å². The SMILES string of the molecule is COc1cccc(Cc2nccc(Cl)n2)c1. The van der Waals surface area contributed by atoms with Gasteiger partial charge in [0.15, 0.2) is 0 Å². The normalized spacial score (nSPS) is 10.1. The van der Waals surface area contributed by atoms with Crippen molar-refractivity contribution >= 4 is 11.6 Å². The molecular formula is C12H11ClN2O. The number of methoxy groups -OCH3 is 1. The number of benzene rings is 1. The van der Waals surface area contributed by atoms with E-state index < -0.39 is 0 Å². The molecule has 4 heteroatoms. The smallest absolute Gasteiger partial charge is 0.134 e. The standard InChI is InChI=1S/C12H11ClN2O/c1-16-10-4-2-3-9(7-10)8-12-14-6-5-11(13)15-12/h2-7H,8H2,1H3. The molecule has 16 heavy (non-hydrogen) atoms. The van der Waals surface area contributed by atoms with Crippen LogP contribution in [0.4, 0.5) is 0 Å². The fourth-order valence-corrected chi connectivity index (χ4v) is 1.58. The van der Waals surface area contributed by atoms with Crippen LogP contribution in [0.2, 0.25) is 5.15 Å². The summed E-state index contributed by atoms with van der Waals surface area (Å²) >= 11 is 5.79. The first-order valence-electron chi connectivity index (χ1n) is 4.88. The van der Waals surface area contributed by atoms with Gasteiger partial charge < -0.3 is 4.74 Å². The van der Waals surface area contributed by atoms with Crippen LogP contribution in [0, 0.1) is 0 Å². The van der Waals surface area contributed by atoms with Crippen molar-refractivity contribution in [3.8, 4) is 5.75 Å². The van der Waals surface area contributed by atoms with Gasteiger partial charge in [-0.2, -0.15) is 0 Å². The predicted molar refractivity (Wildman–Crippen MR) is 62.8 cm³/mol. The molecule has 2 aromatic rings. The fourth-order valence-electron chi connectivity index (χ4n) is 1.42. The largest absolute Gasteiger partial charge is 0.497 e. The second-order valence-electron chi connectivity index (χ2n) is 3.32. The summed E-state index contributed by atoms with van der Waals surface area (Å²) in [5.74, 6) is 1.54. The Kier molecular flexibility index (Phi) is 3.37. The van der Waals surface area contributed by atoms with E-state index in [1.807, 2.05) is 24.3 Å². The van der Waals surface area contributed by atoms with E-state index in [1.54, 1.807) is 19.4 Å². The molecular weight excluding hydrogens is 224 g/mol. The molecule has 0 aliphatic carbocycles. The molecule has 0 fully saturated rings. The van der Waals surface area contributed by atoms with Crippen molar-refractivity contribution in [1.82, 2.24) is 9.97 Å². The highest BCUT2D eigenvalue weighted by Gasteiger charge is 2.01. The Morgan fingerprint density at radius 2 is 2.19 bits per heavy atom. The third-order valence-corrected chi connectivity index (χ3v) is 2.38. The summed E-state index contributed by atoms with van der Waals surface area (Å²) in [5.41, 5.74) is 1.10. The summed E-state index contributed by atoms with van der Waals surface area (Å²) in [4.78, 5) is 8.29. The van der Waals surface area contributed by atoms with Gasteiger partial charge in [0.25, 0.3) is 0 Å². The van der Waals surface area contributed by atoms with Gasteiger partial charge >= 0.3 is 0 Å². The van der Waals surface area contributed by atoms with Crippen LogP contribution < -0.4 is 4.74 Å². The number of rotatable bonds is 3. The zero-order valence-corrected chi connectivity index (χ0v) is 9.61. The summed E-state index contributed by atoms with van der Waals surface area (Å²) < 4.78 is 5.15. The summed E-state index contributed by atoms with van der Waals surface area (Å²) in [5, 5.41) is 0.466. The Balaban J connectivity index is 2.20. The van der Waals surface area contributed by atoms with Crippen molar-refractivity contribution in [2.45, 2.75) is 6.42 Å². The van der Waals surface area contributed by atoms with Gasteiger partial charge in [-0.05, 0) is 23.8 Å². The maximum absolute atomic E-state index is 5.79. The Labute approximate surface area is 99.1 Å². The molecule has 1 heterocycles. The summed E-state index contributed by atoms with van der Waals surface area (Å²) in [7, 11) is 1.65. The summed E-state index contributed by atoms with van der Waals surface area (Å²) in [6, 6.07) is 9.48. The lowest BCUT2D eigenvalue weighted by atomic mass is 10.1. The zero-order chi connectivity index (χ0) is 11.4. The van der Waals surface area contributed by atoms with Gasteiger partial charge in [0.1, 0.15) is 16.7 Å². The molecule has 3 nitrogen and oxygen atoms in total. The van der Waals surface area contributed by atoms with Crippen LogP contribution in [0.25, 0.3) is 0 Å². The number of hydrogen-bond donors (Lipinski definition) is 0. The Morgan fingerprint density at radius 1 is 1.31 bits per heavy atom. The van der Waals surface area contributed by atoms with E-state index in [1.165, 1.54) is 0 Å². The minimum Gasteiger partial charge on any atom is -0.497 e. The number of aromatic nitrogens is 2. The molecule has 0 bridgehead atoms. The molecule has 0 N–H and O–H groups in total. The van der Waals surface area contributed by atoms with E-state index in [2.05, 4.69) is 9.97 Å². The monoisotopic (exact) mass is 234 g/mol. The van der Waals surface area contributed by atoms with E-state index in [0.29, 0.717) is 17.4 Å². The van der Waals surface area contributed by atoms with Crippen molar-refractivity contribution in [3.63, 3.8) is 0 Å². The van der Waals surface area contributed by atoms with E-state index in [4.69, 9.17) is 16.3 Å². The van der Waals surface area contributed by atoms with Gasteiger partial charge in [-0.25, -0.2) is 9.97 Å². The topological polar surface area (TPSA) is 35.0 Å². The minimum absolute atomic E-state index is 0.466. The molecule has 1 aromatic carbocycles. The van der Waals surface area contributed by atoms with E-state index in [-0.39, 0.29) is 0 Å². The molecule has 0 unspecified atom stereocenters. The van der Waals surface area contributed by atoms with E-state index in [9.17, 15) is 0 Å². The van der Waals surface area contributed by atoms with Crippen LogP contribution in [0.5, 0.6) is 5.75 Å². The maximum Gasteiger partial charge on any atom is 0.134 e. The van der Waals surface area contributed by atoms with Crippen molar-refractivity contribution in [1.29, 1.82) is 0 Å². The first-order valence-corrected chi connectivity index (χ1v) is 5.26. The molecule has 0 saturated carbocycles. The molecule has 0 atom stereocenters. The molecule has 0 aliphatic rings. The van der Waals surface area contributed by atoms with Crippen molar-refractivity contribution in [2.24, 2.45) is 0 Å². The lowest BCUT2D eigenvalue weighted by Crippen LogP contribution is -1.96. The van der Waals surface area contributed by atoms with Gasteiger partial charge in [0, 0.05) is 12.6 Å². The van der Waals surface area contributed by atoms with Gasteiger partial charge in [-0.1, -0.05) is 23.7 Å². The van der Waals surface area contributed by atoms with Crippen LogP contribution in [-0.4, -0.2) is 17.1 Å². The summed E-state index contributed by atoms with van der Waals surface area (Å²) in [6.45, 7) is 0. The lowest BCUT2D eigenvalue weighted by molar-refractivity contribution is 0.414. The Bertz CT molecular complexity index is 488. The van der Waals surface area contributed by atoms with Gasteiger partial charge in [-0.15, -0.1) is 0 Å². The first kappa shape index (κ1) is 10.9. The van der Waals surface area contributed by atoms with Crippen LogP contribution >= 0.6 is 11.6 Å². The fraction of sp³-hybridized carbons (Fsp3) is 0.167. The summed E-state index contributed by atoms with van der Waals surface area (Å²) in [6.07, 6.45) is 2.31. The average molecular weight is 235 g/mol. The molecule has 1 aromatic heterocycles. The third-order valence-electron chi connectivity index (χ3n) is 2.17. The number of hydrogen-bond acceptors (Lipinski definition) is 3. The quantitative estimate of drug-likeness (QED) is 0.766. The molecule has 0 spiro atoms. The molecule has 2 rings (SSSR count). The van der Waals surface area contributed by atoms with Crippen molar-refractivity contribution in [3.05, 3.63) is 53.1 Å². The molecule has 0 amide bonds. The van der Waals surface area contributed by atoms with Gasteiger partial charge in [0.2, 0.25) is 0 Å². The van der Waals surface area contributed by atoms with E-state index in [0.717, 1.165) is 11.3 Å². The third kappa shape index (κ3) is 2.70. The van der Waals surface area contributed by atoms with Crippen molar-refractivity contribution in [2.75, 3.05) is 7.11 Å². The first-order chi connectivity index (χ1) is 7.78. The van der Waals surface area contributed by atoms with Gasteiger partial charge in [0.05, 0.1) is 7.11 Å². The highest BCUT2D eigenvalue weighted by Crippen LogP contribution is 2.15. The molecule has 82 valence electrons. The average Bonchev–Trinajstić information content (AvgIpc) is 2.29. The van der Waals surface area contributed by atoms with Crippen molar-refractivity contribution < 1.29 is 4.74 Å². The highest BCUT2D eigenvalue weighted by atomic mass is 35.5. The second kappa shape index (κ2) is 4.94.